The average Bonchev–Trinajstić information content (AvgIpc) is 2.74. The van der Waals surface area contributed by atoms with Gasteiger partial charge in [0.1, 0.15) is 11.1 Å². The van der Waals surface area contributed by atoms with Crippen LogP contribution in [0.25, 0.3) is 11.4 Å². The molecule has 31 heavy (non-hydrogen) atoms. The van der Waals surface area contributed by atoms with Gasteiger partial charge in [-0.1, -0.05) is 12.1 Å². The molecule has 0 spiro atoms. The van der Waals surface area contributed by atoms with Gasteiger partial charge in [0, 0.05) is 38.5 Å². The van der Waals surface area contributed by atoms with E-state index in [9.17, 15) is 19.2 Å². The molecule has 2 aromatic heterocycles. The van der Waals surface area contributed by atoms with Crippen molar-refractivity contribution in [3.05, 3.63) is 83.2 Å². The van der Waals surface area contributed by atoms with E-state index in [-0.39, 0.29) is 38.7 Å². The maximum absolute atomic E-state index is 10.8. The maximum atomic E-state index is 10.8. The van der Waals surface area contributed by atoms with Crippen molar-refractivity contribution >= 4 is 23.9 Å². The third-order valence-electron chi connectivity index (χ3n) is 3.69. The first kappa shape index (κ1) is 24.9. The molecule has 0 atom stereocenters. The molecule has 162 valence electrons. The zero-order chi connectivity index (χ0) is 22.3. The molecule has 10 nitrogen and oxygen atoms in total. The van der Waals surface area contributed by atoms with Crippen molar-refractivity contribution in [2.24, 2.45) is 0 Å². The standard InChI is InChI=1S/C12H8N2O4.C8H6O4.Ni/c15-11(16)7-1-3-13-9(5-7)10-6-8(12(17)18)2-4-14-10;9-7(10)5-3-1-2-4-6(5)8(11)12;/h1-6H,(H,15,16)(H,17,18);1-4H,(H,9,10)(H,11,12);/p+2. The Morgan fingerprint density at radius 3 is 1.32 bits per heavy atom. The summed E-state index contributed by atoms with van der Waals surface area (Å²) in [5, 5.41) is 31.3. The molecule has 2 heterocycles. The number of aromatic nitrogens is 2. The Morgan fingerprint density at radius 2 is 1.03 bits per heavy atom. The summed E-state index contributed by atoms with van der Waals surface area (Å²) in [4.78, 5) is 50.8. The molecule has 0 fully saturated rings. The van der Waals surface area contributed by atoms with Crippen molar-refractivity contribution in [3.8, 4) is 11.4 Å². The van der Waals surface area contributed by atoms with E-state index >= 15 is 0 Å². The van der Waals surface area contributed by atoms with Crippen LogP contribution in [0.3, 0.4) is 0 Å². The second kappa shape index (κ2) is 11.2. The number of rotatable bonds is 5. The predicted molar refractivity (Wildman–Crippen MR) is 104 cm³/mol. The number of hydrogen-bond acceptors (Lipinski definition) is 6. The molecular formula is C20H16N2NiO8+2. The summed E-state index contributed by atoms with van der Waals surface area (Å²) in [6, 6.07) is 11.2. The Labute approximate surface area is 184 Å². The van der Waals surface area contributed by atoms with E-state index < -0.39 is 23.9 Å². The molecule has 3 rings (SSSR count). The van der Waals surface area contributed by atoms with Crippen LogP contribution in [0.1, 0.15) is 41.4 Å². The van der Waals surface area contributed by atoms with E-state index in [4.69, 9.17) is 20.4 Å². The number of pyridine rings is 2. The second-order valence-corrected chi connectivity index (χ2v) is 5.67. The predicted octanol–water partition coefficient (Wildman–Crippen LogP) is 0.954. The van der Waals surface area contributed by atoms with Gasteiger partial charge in [0.25, 0.3) is 0 Å². The Bertz CT molecular complexity index is 1040. The SMILES string of the molecule is O=C(O)c1ccnc(-c2cc(C(=O)O)ccn2)c1.O=C([OH2+])c1ccccc1C(=O)[OH2+].[Ni]. The number of aromatic carboxylic acids is 2. The van der Waals surface area contributed by atoms with Crippen LogP contribution < -0.4 is 0 Å². The molecule has 0 aliphatic carbocycles. The quantitative estimate of drug-likeness (QED) is 0.408. The van der Waals surface area contributed by atoms with Crippen LogP contribution in [0.2, 0.25) is 0 Å². The summed E-state index contributed by atoms with van der Waals surface area (Å²) < 4.78 is 0. The van der Waals surface area contributed by atoms with Gasteiger partial charge in [-0.3, -0.25) is 9.97 Å². The molecule has 0 amide bonds. The first-order valence-corrected chi connectivity index (χ1v) is 8.20. The molecule has 6 N–H and O–H groups in total. The fraction of sp³-hybridized carbons (Fsp3) is 0. The van der Waals surface area contributed by atoms with E-state index in [1.54, 1.807) is 12.1 Å². The molecule has 0 aliphatic heterocycles. The van der Waals surface area contributed by atoms with Crippen LogP contribution in [0, 0.1) is 0 Å². The minimum Gasteiger partial charge on any atom is -0.561 e. The summed E-state index contributed by atoms with van der Waals surface area (Å²) in [5.74, 6) is -4.03. The van der Waals surface area contributed by atoms with Gasteiger partial charge < -0.3 is 20.4 Å². The number of hydrogen-bond donors (Lipinski definition) is 2. The minimum absolute atomic E-state index is 0. The zero-order valence-electron chi connectivity index (χ0n) is 15.5. The number of carbonyl (C=O) groups is 4. The molecule has 0 bridgehead atoms. The molecule has 0 radical (unpaired) electrons. The molecule has 0 saturated heterocycles. The molecular weight excluding hydrogens is 455 g/mol. The molecule has 0 saturated carbocycles. The normalized spacial score (nSPS) is 9.42. The Kier molecular flexibility index (Phi) is 8.99. The van der Waals surface area contributed by atoms with E-state index in [2.05, 4.69) is 9.97 Å². The Balaban J connectivity index is 0.000000324. The van der Waals surface area contributed by atoms with Crippen molar-refractivity contribution in [2.75, 3.05) is 0 Å². The van der Waals surface area contributed by atoms with E-state index in [1.807, 2.05) is 0 Å². The number of carboxylic acids is 2. The van der Waals surface area contributed by atoms with Crippen LogP contribution in [0.5, 0.6) is 0 Å². The molecule has 0 aliphatic rings. The van der Waals surface area contributed by atoms with Crippen LogP contribution in [0.4, 0.5) is 0 Å². The summed E-state index contributed by atoms with van der Waals surface area (Å²) >= 11 is 0. The number of nitrogens with zero attached hydrogens (tertiary/aromatic N) is 2. The summed E-state index contributed by atoms with van der Waals surface area (Å²) in [6.45, 7) is 0. The number of carboxylic acid groups (broad SMARTS) is 2. The average molecular weight is 471 g/mol. The van der Waals surface area contributed by atoms with Crippen molar-refractivity contribution < 1.29 is 56.1 Å². The van der Waals surface area contributed by atoms with Crippen LogP contribution in [0.15, 0.2) is 60.9 Å². The van der Waals surface area contributed by atoms with Crippen molar-refractivity contribution in [2.45, 2.75) is 0 Å². The summed E-state index contributed by atoms with van der Waals surface area (Å²) in [5.41, 5.74) is 0.746. The van der Waals surface area contributed by atoms with Gasteiger partial charge in [0.2, 0.25) is 0 Å². The van der Waals surface area contributed by atoms with Gasteiger partial charge >= 0.3 is 23.9 Å². The van der Waals surface area contributed by atoms with Crippen molar-refractivity contribution in [1.29, 1.82) is 0 Å². The number of benzene rings is 1. The second-order valence-electron chi connectivity index (χ2n) is 5.67. The van der Waals surface area contributed by atoms with Gasteiger partial charge in [0.05, 0.1) is 22.5 Å². The topological polar surface area (TPSA) is 180 Å². The van der Waals surface area contributed by atoms with Crippen molar-refractivity contribution in [1.82, 2.24) is 9.97 Å². The van der Waals surface area contributed by atoms with Crippen LogP contribution in [-0.2, 0) is 16.5 Å². The fourth-order valence-corrected chi connectivity index (χ4v) is 2.29. The van der Waals surface area contributed by atoms with Gasteiger partial charge in [-0.05, 0) is 36.4 Å². The molecule has 11 heteroatoms. The van der Waals surface area contributed by atoms with Gasteiger partial charge in [0.15, 0.2) is 0 Å². The molecule has 1 aromatic carbocycles. The first-order chi connectivity index (χ1) is 14.2. The van der Waals surface area contributed by atoms with Gasteiger partial charge in [-0.25, -0.2) is 9.59 Å². The zero-order valence-corrected chi connectivity index (χ0v) is 16.5. The monoisotopic (exact) mass is 470 g/mol. The number of carbonyl (C=O) groups excluding carboxylic acids is 2. The van der Waals surface area contributed by atoms with Crippen LogP contribution in [-0.4, -0.2) is 54.3 Å². The summed E-state index contributed by atoms with van der Waals surface area (Å²) in [7, 11) is 0. The van der Waals surface area contributed by atoms with E-state index in [1.165, 1.54) is 48.8 Å². The van der Waals surface area contributed by atoms with Crippen LogP contribution >= 0.6 is 0 Å². The summed E-state index contributed by atoms with van der Waals surface area (Å²) in [6.07, 6.45) is 2.68. The largest absolute Gasteiger partial charge is 0.561 e. The molecule has 3 aromatic rings. The van der Waals surface area contributed by atoms with E-state index in [0.717, 1.165) is 0 Å². The molecule has 0 unspecified atom stereocenters. The van der Waals surface area contributed by atoms with Gasteiger partial charge in [-0.2, -0.15) is 0 Å². The van der Waals surface area contributed by atoms with Crippen molar-refractivity contribution in [3.63, 3.8) is 0 Å². The fourth-order valence-electron chi connectivity index (χ4n) is 2.29. The smallest absolute Gasteiger partial charge is 0.550 e. The third kappa shape index (κ3) is 6.72. The third-order valence-corrected chi connectivity index (χ3v) is 3.69. The van der Waals surface area contributed by atoms with E-state index in [0.29, 0.717) is 11.4 Å². The van der Waals surface area contributed by atoms with Gasteiger partial charge in [-0.15, -0.1) is 0 Å². The maximum Gasteiger partial charge on any atom is 0.550 e. The minimum atomic E-state index is -1.08. The Morgan fingerprint density at radius 1 is 0.677 bits per heavy atom. The Hall–Kier alpha value is -4.11. The first-order valence-electron chi connectivity index (χ1n) is 8.20.